The molecule has 0 spiro atoms. The van der Waals surface area contributed by atoms with Crippen molar-refractivity contribution in [1.29, 1.82) is 0 Å². The monoisotopic (exact) mass is 188 g/mol. The summed E-state index contributed by atoms with van der Waals surface area (Å²) in [6, 6.07) is 4.31. The van der Waals surface area contributed by atoms with E-state index in [4.69, 9.17) is 0 Å². The summed E-state index contributed by atoms with van der Waals surface area (Å²) in [6.45, 7) is 2.23. The molecule has 0 aromatic carbocycles. The molecule has 2 heteroatoms. The normalized spacial score (nSPS) is 10.9. The number of hydrogen-bond donors (Lipinski definition) is 1. The molecule has 0 aliphatic rings. The number of pyridine rings is 1. The average molecular weight is 188 g/mol. The zero-order valence-corrected chi connectivity index (χ0v) is 8.59. The number of aryl methyl sites for hydroxylation is 1. The van der Waals surface area contributed by atoms with Crippen molar-refractivity contribution in [2.45, 2.75) is 32.6 Å². The second-order valence-electron chi connectivity index (χ2n) is 3.72. The van der Waals surface area contributed by atoms with Gasteiger partial charge in [-0.25, -0.2) is 4.98 Å². The van der Waals surface area contributed by atoms with E-state index >= 15 is 0 Å². The average Bonchev–Trinajstić information content (AvgIpc) is 2.65. The number of aromatic amines is 1. The molecular formula is C12H16N2. The minimum Gasteiger partial charge on any atom is -0.346 e. The highest BCUT2D eigenvalue weighted by molar-refractivity contribution is 5.75. The Bertz CT molecular complexity index is 403. The summed E-state index contributed by atoms with van der Waals surface area (Å²) in [5.74, 6) is 0. The quantitative estimate of drug-likeness (QED) is 0.733. The largest absolute Gasteiger partial charge is 0.346 e. The van der Waals surface area contributed by atoms with E-state index < -0.39 is 0 Å². The van der Waals surface area contributed by atoms with Gasteiger partial charge in [-0.15, -0.1) is 0 Å². The van der Waals surface area contributed by atoms with E-state index in [9.17, 15) is 0 Å². The Balaban J connectivity index is 2.10. The number of fused-ring (bicyclic) bond motifs is 1. The van der Waals surface area contributed by atoms with Crippen LogP contribution in [0.4, 0.5) is 0 Å². The van der Waals surface area contributed by atoms with Gasteiger partial charge in [0, 0.05) is 17.8 Å². The van der Waals surface area contributed by atoms with Crippen LogP contribution in [0.25, 0.3) is 11.0 Å². The summed E-state index contributed by atoms with van der Waals surface area (Å²) in [5.41, 5.74) is 2.34. The van der Waals surface area contributed by atoms with Crippen LogP contribution >= 0.6 is 0 Å². The molecule has 2 nitrogen and oxygen atoms in total. The SMILES string of the molecule is CCCCCc1cnc2[nH]ccc2c1. The Kier molecular flexibility index (Phi) is 2.82. The smallest absolute Gasteiger partial charge is 0.137 e. The van der Waals surface area contributed by atoms with Crippen LogP contribution in [0.2, 0.25) is 0 Å². The van der Waals surface area contributed by atoms with Crippen LogP contribution < -0.4 is 0 Å². The highest BCUT2D eigenvalue weighted by Crippen LogP contribution is 2.13. The van der Waals surface area contributed by atoms with E-state index in [-0.39, 0.29) is 0 Å². The molecule has 2 aromatic heterocycles. The Morgan fingerprint density at radius 2 is 2.29 bits per heavy atom. The number of H-pyrrole nitrogens is 1. The van der Waals surface area contributed by atoms with Gasteiger partial charge >= 0.3 is 0 Å². The van der Waals surface area contributed by atoms with Crippen molar-refractivity contribution < 1.29 is 0 Å². The topological polar surface area (TPSA) is 28.7 Å². The van der Waals surface area contributed by atoms with Gasteiger partial charge in [0.2, 0.25) is 0 Å². The number of nitrogens with zero attached hydrogens (tertiary/aromatic N) is 1. The minimum atomic E-state index is 0.990. The third-order valence-corrected chi connectivity index (χ3v) is 2.53. The van der Waals surface area contributed by atoms with Gasteiger partial charge in [-0.3, -0.25) is 0 Å². The molecule has 0 amide bonds. The van der Waals surface area contributed by atoms with E-state index in [0.717, 1.165) is 12.1 Å². The van der Waals surface area contributed by atoms with Gasteiger partial charge < -0.3 is 4.98 Å². The Hall–Kier alpha value is -1.31. The van der Waals surface area contributed by atoms with Crippen molar-refractivity contribution in [3.05, 3.63) is 30.1 Å². The van der Waals surface area contributed by atoms with E-state index in [1.54, 1.807) is 0 Å². The zero-order chi connectivity index (χ0) is 9.80. The van der Waals surface area contributed by atoms with E-state index in [0.29, 0.717) is 0 Å². The van der Waals surface area contributed by atoms with Gasteiger partial charge in [0.15, 0.2) is 0 Å². The van der Waals surface area contributed by atoms with Crippen LogP contribution in [-0.2, 0) is 6.42 Å². The number of nitrogens with one attached hydrogen (secondary N) is 1. The third-order valence-electron chi connectivity index (χ3n) is 2.53. The van der Waals surface area contributed by atoms with Crippen LogP contribution in [0, 0.1) is 0 Å². The maximum absolute atomic E-state index is 4.36. The fraction of sp³-hybridized carbons (Fsp3) is 0.417. The van der Waals surface area contributed by atoms with Crippen LogP contribution in [0.5, 0.6) is 0 Å². The van der Waals surface area contributed by atoms with Crippen LogP contribution in [0.15, 0.2) is 24.5 Å². The van der Waals surface area contributed by atoms with Crippen molar-refractivity contribution in [3.8, 4) is 0 Å². The predicted molar refractivity (Wildman–Crippen MR) is 59.3 cm³/mol. The van der Waals surface area contributed by atoms with Crippen LogP contribution in [0.3, 0.4) is 0 Å². The lowest BCUT2D eigenvalue weighted by molar-refractivity contribution is 0.716. The maximum atomic E-state index is 4.36. The summed E-state index contributed by atoms with van der Waals surface area (Å²) in [6.07, 6.45) is 8.93. The lowest BCUT2D eigenvalue weighted by Crippen LogP contribution is -1.87. The van der Waals surface area contributed by atoms with Crippen molar-refractivity contribution in [2.75, 3.05) is 0 Å². The Labute approximate surface area is 84.4 Å². The lowest BCUT2D eigenvalue weighted by atomic mass is 10.1. The van der Waals surface area contributed by atoms with Crippen molar-refractivity contribution in [2.24, 2.45) is 0 Å². The minimum absolute atomic E-state index is 0.990. The fourth-order valence-corrected chi connectivity index (χ4v) is 1.70. The first-order chi connectivity index (χ1) is 6.90. The number of rotatable bonds is 4. The number of hydrogen-bond acceptors (Lipinski definition) is 1. The Morgan fingerprint density at radius 1 is 1.36 bits per heavy atom. The summed E-state index contributed by atoms with van der Waals surface area (Å²) >= 11 is 0. The molecule has 0 aliphatic heterocycles. The molecule has 0 fully saturated rings. The van der Waals surface area contributed by atoms with Gasteiger partial charge in [0.1, 0.15) is 5.65 Å². The highest BCUT2D eigenvalue weighted by Gasteiger charge is 1.98. The first kappa shape index (κ1) is 9.25. The third kappa shape index (κ3) is 1.95. The Morgan fingerprint density at radius 3 is 3.14 bits per heavy atom. The second-order valence-corrected chi connectivity index (χ2v) is 3.72. The molecule has 0 saturated heterocycles. The van der Waals surface area contributed by atoms with Crippen molar-refractivity contribution in [3.63, 3.8) is 0 Å². The molecule has 14 heavy (non-hydrogen) atoms. The van der Waals surface area contributed by atoms with Crippen LogP contribution in [-0.4, -0.2) is 9.97 Å². The number of unbranched alkanes of at least 4 members (excludes halogenated alkanes) is 2. The van der Waals surface area contributed by atoms with Gasteiger partial charge in [-0.1, -0.05) is 19.8 Å². The van der Waals surface area contributed by atoms with Crippen LogP contribution in [0.1, 0.15) is 31.7 Å². The molecule has 1 N–H and O–H groups in total. The molecule has 2 aromatic rings. The standard InChI is InChI=1S/C12H16N2/c1-2-3-4-5-10-8-11-6-7-13-12(11)14-9-10/h6-9H,2-5H2,1H3,(H,13,14). The lowest BCUT2D eigenvalue weighted by Gasteiger charge is -1.99. The molecule has 0 atom stereocenters. The van der Waals surface area contributed by atoms with E-state index in [2.05, 4.69) is 29.0 Å². The number of aromatic nitrogens is 2. The maximum Gasteiger partial charge on any atom is 0.137 e. The first-order valence-corrected chi connectivity index (χ1v) is 5.32. The van der Waals surface area contributed by atoms with Gasteiger partial charge in [-0.2, -0.15) is 0 Å². The summed E-state index contributed by atoms with van der Waals surface area (Å²) in [4.78, 5) is 7.47. The summed E-state index contributed by atoms with van der Waals surface area (Å²) in [5, 5.41) is 1.22. The summed E-state index contributed by atoms with van der Waals surface area (Å²) in [7, 11) is 0. The molecule has 0 radical (unpaired) electrons. The molecule has 2 rings (SSSR count). The van der Waals surface area contributed by atoms with Crippen molar-refractivity contribution in [1.82, 2.24) is 9.97 Å². The molecular weight excluding hydrogens is 172 g/mol. The van der Waals surface area contributed by atoms with E-state index in [1.165, 1.54) is 30.2 Å². The predicted octanol–water partition coefficient (Wildman–Crippen LogP) is 3.30. The highest BCUT2D eigenvalue weighted by atomic mass is 14.8. The first-order valence-electron chi connectivity index (χ1n) is 5.32. The van der Waals surface area contributed by atoms with Gasteiger partial charge in [-0.05, 0) is 30.5 Å². The molecule has 0 saturated carbocycles. The molecule has 0 aliphatic carbocycles. The van der Waals surface area contributed by atoms with Crippen molar-refractivity contribution >= 4 is 11.0 Å². The molecule has 74 valence electrons. The molecule has 0 bridgehead atoms. The molecule has 0 unspecified atom stereocenters. The van der Waals surface area contributed by atoms with Gasteiger partial charge in [0.25, 0.3) is 0 Å². The fourth-order valence-electron chi connectivity index (χ4n) is 1.70. The van der Waals surface area contributed by atoms with E-state index in [1.807, 2.05) is 12.4 Å². The second kappa shape index (κ2) is 4.27. The molecule has 2 heterocycles. The zero-order valence-electron chi connectivity index (χ0n) is 8.59. The summed E-state index contributed by atoms with van der Waals surface area (Å²) < 4.78 is 0. The van der Waals surface area contributed by atoms with Gasteiger partial charge in [0.05, 0.1) is 0 Å².